The second-order valence-electron chi connectivity index (χ2n) is 16.3. The summed E-state index contributed by atoms with van der Waals surface area (Å²) in [5.74, 6) is -1.49. The van der Waals surface area contributed by atoms with E-state index >= 15 is 0 Å². The van der Waals surface area contributed by atoms with Gasteiger partial charge in [-0.25, -0.2) is 4.79 Å². The molecule has 0 amide bonds. The average molecular weight is 777 g/mol. The number of nitrogens with zero attached hydrogens (tertiary/aromatic N) is 1. The molecule has 1 N–H and O–H groups in total. The molecule has 0 heterocycles. The number of carboxylic acid groups (broad SMARTS) is 1. The fraction of sp³-hybridized carbons (Fsp3) is 0.809. The number of hydrogen-bond acceptors (Lipinski definition) is 6. The highest BCUT2D eigenvalue weighted by atomic mass is 16.6. The zero-order chi connectivity index (χ0) is 40.7. The van der Waals surface area contributed by atoms with Crippen molar-refractivity contribution in [1.29, 1.82) is 0 Å². The summed E-state index contributed by atoms with van der Waals surface area (Å²) in [5, 5.41) is 9.62. The number of carbonyl (C=O) groups excluding carboxylic acids is 2. The van der Waals surface area contributed by atoms with E-state index in [0.717, 1.165) is 64.2 Å². The minimum atomic E-state index is -0.877. The first-order chi connectivity index (χ1) is 26.6. The van der Waals surface area contributed by atoms with Crippen molar-refractivity contribution in [3.8, 4) is 0 Å². The van der Waals surface area contributed by atoms with E-state index < -0.39 is 18.1 Å². The molecule has 0 bridgehead atoms. The van der Waals surface area contributed by atoms with Gasteiger partial charge in [0.25, 0.3) is 0 Å². The largest absolute Gasteiger partial charge is 0.477 e. The fourth-order valence-electron chi connectivity index (χ4n) is 6.47. The van der Waals surface area contributed by atoms with E-state index in [4.69, 9.17) is 14.2 Å². The van der Waals surface area contributed by atoms with Crippen LogP contribution in [0.5, 0.6) is 0 Å². The van der Waals surface area contributed by atoms with Crippen molar-refractivity contribution < 1.29 is 38.2 Å². The smallest absolute Gasteiger partial charge is 0.362 e. The maximum atomic E-state index is 12.7. The van der Waals surface area contributed by atoms with Crippen LogP contribution in [0.1, 0.15) is 194 Å². The van der Waals surface area contributed by atoms with Crippen LogP contribution >= 0.6 is 0 Å². The molecule has 0 aromatic rings. The minimum absolute atomic E-state index is 0.0563. The molecule has 8 nitrogen and oxygen atoms in total. The number of unbranched alkanes of at least 4 members (excludes halogenated alkanes) is 20. The Morgan fingerprint density at radius 3 is 1.42 bits per heavy atom. The van der Waals surface area contributed by atoms with Crippen molar-refractivity contribution in [2.75, 3.05) is 41.0 Å². The second kappa shape index (κ2) is 38.4. The quantitative estimate of drug-likeness (QED) is 0.0286. The molecule has 8 heteroatoms. The molecule has 0 aliphatic rings. The van der Waals surface area contributed by atoms with Gasteiger partial charge in [-0.1, -0.05) is 140 Å². The lowest BCUT2D eigenvalue weighted by atomic mass is 10.1. The molecular formula is C47H86NO7+. The van der Waals surface area contributed by atoms with Gasteiger partial charge in [0.05, 0.1) is 34.4 Å². The molecule has 2 unspecified atom stereocenters. The van der Waals surface area contributed by atoms with Crippen LogP contribution in [-0.2, 0) is 28.6 Å². The summed E-state index contributed by atoms with van der Waals surface area (Å²) in [5.41, 5.74) is 0. The lowest BCUT2D eigenvalue weighted by Gasteiger charge is -2.31. The molecule has 0 aliphatic carbocycles. The maximum Gasteiger partial charge on any atom is 0.362 e. The van der Waals surface area contributed by atoms with E-state index in [0.29, 0.717) is 19.3 Å². The number of carbonyl (C=O) groups is 3. The summed E-state index contributed by atoms with van der Waals surface area (Å²) in [6.07, 6.45) is 43.2. The Hall–Kier alpha value is -2.45. The molecule has 0 aromatic carbocycles. The average Bonchev–Trinajstić information content (AvgIpc) is 3.14. The predicted molar refractivity (Wildman–Crippen MR) is 229 cm³/mol. The molecule has 2 atom stereocenters. The molecule has 320 valence electrons. The zero-order valence-electron chi connectivity index (χ0n) is 36.4. The van der Waals surface area contributed by atoms with E-state index in [1.54, 1.807) is 0 Å². The number of aliphatic carboxylic acids is 1. The highest BCUT2D eigenvalue weighted by molar-refractivity contribution is 5.72. The van der Waals surface area contributed by atoms with Crippen molar-refractivity contribution in [1.82, 2.24) is 0 Å². The van der Waals surface area contributed by atoms with Gasteiger partial charge in [0, 0.05) is 19.3 Å². The van der Waals surface area contributed by atoms with E-state index in [1.165, 1.54) is 96.3 Å². The van der Waals surface area contributed by atoms with Crippen molar-refractivity contribution >= 4 is 17.9 Å². The van der Waals surface area contributed by atoms with Crippen molar-refractivity contribution in [3.63, 3.8) is 0 Å². The first-order valence-electron chi connectivity index (χ1n) is 22.5. The second-order valence-corrected chi connectivity index (χ2v) is 16.3. The molecule has 55 heavy (non-hydrogen) atoms. The van der Waals surface area contributed by atoms with E-state index in [1.807, 2.05) is 21.1 Å². The Kier molecular flexibility index (Phi) is 36.7. The monoisotopic (exact) mass is 777 g/mol. The molecule has 0 fully saturated rings. The fourth-order valence-corrected chi connectivity index (χ4v) is 6.47. The van der Waals surface area contributed by atoms with Gasteiger partial charge in [0.15, 0.2) is 12.1 Å². The van der Waals surface area contributed by atoms with Crippen molar-refractivity contribution in [3.05, 3.63) is 36.5 Å². The van der Waals surface area contributed by atoms with Crippen LogP contribution in [0, 0.1) is 0 Å². The van der Waals surface area contributed by atoms with Crippen LogP contribution in [0.25, 0.3) is 0 Å². The molecule has 0 aliphatic heterocycles. The van der Waals surface area contributed by atoms with Crippen LogP contribution in [0.2, 0.25) is 0 Å². The molecule has 0 aromatic heterocycles. The van der Waals surface area contributed by atoms with Crippen LogP contribution in [-0.4, -0.2) is 80.6 Å². The van der Waals surface area contributed by atoms with Gasteiger partial charge in [-0.15, -0.1) is 0 Å². The highest BCUT2D eigenvalue weighted by Crippen LogP contribution is 2.14. The minimum Gasteiger partial charge on any atom is -0.477 e. The molecule has 0 saturated heterocycles. The number of esters is 2. The third-order valence-corrected chi connectivity index (χ3v) is 10.0. The third kappa shape index (κ3) is 36.9. The first kappa shape index (κ1) is 52.6. The van der Waals surface area contributed by atoms with Gasteiger partial charge in [0.1, 0.15) is 6.61 Å². The number of allylic oxidation sites excluding steroid dienone is 6. The van der Waals surface area contributed by atoms with Crippen LogP contribution in [0.3, 0.4) is 0 Å². The van der Waals surface area contributed by atoms with Crippen LogP contribution < -0.4 is 0 Å². The Balaban J connectivity index is 4.35. The van der Waals surface area contributed by atoms with Gasteiger partial charge in [-0.05, 0) is 70.6 Å². The molecule has 0 rings (SSSR count). The van der Waals surface area contributed by atoms with Gasteiger partial charge in [-0.3, -0.25) is 9.59 Å². The Morgan fingerprint density at radius 1 is 0.545 bits per heavy atom. The lowest BCUT2D eigenvalue weighted by molar-refractivity contribution is -0.887. The Bertz CT molecular complexity index is 1000. The number of quaternary nitrogens is 1. The zero-order valence-corrected chi connectivity index (χ0v) is 36.4. The van der Waals surface area contributed by atoms with E-state index in [9.17, 15) is 19.5 Å². The summed E-state index contributed by atoms with van der Waals surface area (Å²) in [7, 11) is 5.52. The van der Waals surface area contributed by atoms with Gasteiger partial charge >= 0.3 is 17.9 Å². The number of carboxylic acids is 1. The van der Waals surface area contributed by atoms with Crippen LogP contribution in [0.15, 0.2) is 36.5 Å². The molecule has 0 spiro atoms. The molecular weight excluding hydrogens is 691 g/mol. The normalized spacial score (nSPS) is 13.3. The Labute approximate surface area is 338 Å². The third-order valence-electron chi connectivity index (χ3n) is 10.0. The topological polar surface area (TPSA) is 99.1 Å². The lowest BCUT2D eigenvalue weighted by Crippen LogP contribution is -2.50. The summed E-state index contributed by atoms with van der Waals surface area (Å²) in [4.78, 5) is 37.0. The van der Waals surface area contributed by atoms with E-state index in [-0.39, 0.29) is 36.2 Å². The summed E-state index contributed by atoms with van der Waals surface area (Å²) >= 11 is 0. The number of ether oxygens (including phenoxy) is 3. The first-order valence-corrected chi connectivity index (χ1v) is 22.5. The molecule has 0 radical (unpaired) electrons. The van der Waals surface area contributed by atoms with Crippen molar-refractivity contribution in [2.45, 2.75) is 206 Å². The SMILES string of the molecule is CCCCCC/C=C\C/C=C\CCCCCCCCCC(=O)OC(COCCC(C(=O)O)[N+](C)(C)C)COC(=O)CCCCCCC/C=C\CCCCCC. The number of rotatable bonds is 40. The standard InChI is InChI=1S/C47H85NO7/c1-6-8-10-12-14-16-18-20-21-22-23-24-26-28-30-32-34-36-38-46(50)55-43(41-53-40-39-44(47(51)52)48(3,4)5)42-54-45(49)37-35-33-31-29-27-25-19-17-15-13-11-9-7-2/h16-19,21-22,43-44H,6-15,20,23-42H2,1-5H3/p+1/b18-16-,19-17-,22-21-. The Morgan fingerprint density at radius 2 is 0.964 bits per heavy atom. The van der Waals surface area contributed by atoms with Crippen LogP contribution in [0.4, 0.5) is 0 Å². The summed E-state index contributed by atoms with van der Waals surface area (Å²) < 4.78 is 17.3. The van der Waals surface area contributed by atoms with Gasteiger partial charge in [-0.2, -0.15) is 0 Å². The summed E-state index contributed by atoms with van der Waals surface area (Å²) in [6.45, 7) is 4.69. The molecule has 0 saturated carbocycles. The predicted octanol–water partition coefficient (Wildman–Crippen LogP) is 12.2. The van der Waals surface area contributed by atoms with Gasteiger partial charge in [0.2, 0.25) is 0 Å². The highest BCUT2D eigenvalue weighted by Gasteiger charge is 2.31. The summed E-state index contributed by atoms with van der Waals surface area (Å²) in [6, 6.07) is -0.616. The maximum absolute atomic E-state index is 12.7. The van der Waals surface area contributed by atoms with E-state index in [2.05, 4.69) is 50.3 Å². The van der Waals surface area contributed by atoms with Crippen molar-refractivity contribution in [2.24, 2.45) is 0 Å². The van der Waals surface area contributed by atoms with Gasteiger partial charge < -0.3 is 23.8 Å². The number of hydrogen-bond donors (Lipinski definition) is 1. The number of likely N-dealkylation sites (N-methyl/N-ethyl adjacent to an activating group) is 1.